The second kappa shape index (κ2) is 7.18. The van der Waals surface area contributed by atoms with E-state index in [1.807, 2.05) is 0 Å². The van der Waals surface area contributed by atoms with Gasteiger partial charge in [0.05, 0.1) is 31.1 Å². The number of carbonyl (C=O) groups excluding carboxylic acids is 1. The summed E-state index contributed by atoms with van der Waals surface area (Å²) in [4.78, 5) is 23.2. The summed E-state index contributed by atoms with van der Waals surface area (Å²) in [5.74, 6) is -0.0225. The fourth-order valence-corrected chi connectivity index (χ4v) is 2.54. The van der Waals surface area contributed by atoms with E-state index in [4.69, 9.17) is 18.6 Å². The van der Waals surface area contributed by atoms with Crippen LogP contribution in [0, 0.1) is 0 Å². The molecule has 26 heavy (non-hydrogen) atoms. The van der Waals surface area contributed by atoms with Crippen LogP contribution in [0.15, 0.2) is 51.9 Å². The molecule has 0 aliphatic carbocycles. The van der Waals surface area contributed by atoms with Crippen molar-refractivity contribution < 1.29 is 28.5 Å². The maximum absolute atomic E-state index is 12.8. The van der Waals surface area contributed by atoms with E-state index in [0.717, 1.165) is 0 Å². The minimum atomic E-state index is -1.34. The van der Waals surface area contributed by atoms with Gasteiger partial charge in [-0.1, -0.05) is 6.07 Å². The minimum absolute atomic E-state index is 0.232. The molecule has 0 saturated heterocycles. The molecule has 0 aliphatic heterocycles. The standard InChI is InChI=1S/C19H16O7/c1-23-15-6-3-11(7-17(15)24-2)14-9-26-16-8-12(25-10-18(20)21)4-5-13(16)19(14)22/h3-9H,10H2,1-2H3,(H,20,21)/p-1. The summed E-state index contributed by atoms with van der Waals surface area (Å²) >= 11 is 0. The molecule has 0 radical (unpaired) electrons. The zero-order chi connectivity index (χ0) is 18.7. The molecule has 1 aromatic heterocycles. The maximum Gasteiger partial charge on any atom is 0.200 e. The van der Waals surface area contributed by atoms with Crippen LogP contribution in [0.2, 0.25) is 0 Å². The van der Waals surface area contributed by atoms with Gasteiger partial charge < -0.3 is 28.5 Å². The Labute approximate surface area is 148 Å². The lowest BCUT2D eigenvalue weighted by molar-refractivity contribution is -0.307. The van der Waals surface area contributed by atoms with Crippen molar-refractivity contribution in [3.8, 4) is 28.4 Å². The lowest BCUT2D eigenvalue weighted by atomic mass is 10.0. The number of carboxylic acids is 1. The van der Waals surface area contributed by atoms with Crippen LogP contribution in [0.3, 0.4) is 0 Å². The number of hydrogen-bond donors (Lipinski definition) is 0. The van der Waals surface area contributed by atoms with Gasteiger partial charge >= 0.3 is 0 Å². The molecule has 3 rings (SSSR count). The first-order chi connectivity index (χ1) is 12.5. The van der Waals surface area contributed by atoms with Crippen LogP contribution in [-0.2, 0) is 4.79 Å². The topological polar surface area (TPSA) is 98.0 Å². The molecule has 0 unspecified atom stereocenters. The predicted octanol–water partition coefficient (Wildman–Crippen LogP) is 1.61. The fourth-order valence-electron chi connectivity index (χ4n) is 2.54. The second-order valence-electron chi connectivity index (χ2n) is 5.37. The number of aliphatic carboxylic acids is 1. The second-order valence-corrected chi connectivity index (χ2v) is 5.37. The van der Waals surface area contributed by atoms with Crippen molar-refractivity contribution in [3.63, 3.8) is 0 Å². The van der Waals surface area contributed by atoms with Gasteiger partial charge in [-0.15, -0.1) is 0 Å². The molecule has 134 valence electrons. The first-order valence-corrected chi connectivity index (χ1v) is 7.64. The Bertz CT molecular complexity index is 1020. The lowest BCUT2D eigenvalue weighted by Crippen LogP contribution is -2.28. The highest BCUT2D eigenvalue weighted by Gasteiger charge is 2.13. The molecule has 0 amide bonds. The van der Waals surface area contributed by atoms with Gasteiger partial charge in [-0.3, -0.25) is 4.79 Å². The number of hydrogen-bond acceptors (Lipinski definition) is 7. The van der Waals surface area contributed by atoms with E-state index in [9.17, 15) is 14.7 Å². The average Bonchev–Trinajstić information content (AvgIpc) is 2.66. The first kappa shape index (κ1) is 17.3. The third-order valence-corrected chi connectivity index (χ3v) is 3.80. The van der Waals surface area contributed by atoms with Crippen LogP contribution in [0.1, 0.15) is 0 Å². The Morgan fingerprint density at radius 1 is 1.08 bits per heavy atom. The average molecular weight is 355 g/mol. The monoisotopic (exact) mass is 355 g/mol. The zero-order valence-electron chi connectivity index (χ0n) is 14.1. The largest absolute Gasteiger partial charge is 0.546 e. The number of fused-ring (bicyclic) bond motifs is 1. The molecule has 1 heterocycles. The van der Waals surface area contributed by atoms with Gasteiger partial charge in [-0.2, -0.15) is 0 Å². The molecule has 0 spiro atoms. The van der Waals surface area contributed by atoms with E-state index in [2.05, 4.69) is 0 Å². The Morgan fingerprint density at radius 2 is 1.85 bits per heavy atom. The highest BCUT2D eigenvalue weighted by atomic mass is 16.5. The van der Waals surface area contributed by atoms with Crippen LogP contribution >= 0.6 is 0 Å². The lowest BCUT2D eigenvalue weighted by Gasteiger charge is -2.10. The third-order valence-electron chi connectivity index (χ3n) is 3.80. The smallest absolute Gasteiger partial charge is 0.200 e. The SMILES string of the molecule is COc1ccc(-c2coc3cc(OCC(=O)[O-])ccc3c2=O)cc1OC. The molecule has 7 heteroatoms. The predicted molar refractivity (Wildman–Crippen MR) is 91.5 cm³/mol. The maximum atomic E-state index is 12.8. The van der Waals surface area contributed by atoms with Crippen molar-refractivity contribution in [1.29, 1.82) is 0 Å². The van der Waals surface area contributed by atoms with Crippen molar-refractivity contribution in [2.24, 2.45) is 0 Å². The van der Waals surface area contributed by atoms with Crippen LogP contribution in [0.5, 0.6) is 17.2 Å². The summed E-state index contributed by atoms with van der Waals surface area (Å²) in [6.07, 6.45) is 1.34. The molecule has 3 aromatic rings. The molecule has 0 atom stereocenters. The van der Waals surface area contributed by atoms with E-state index in [0.29, 0.717) is 28.0 Å². The number of carboxylic acid groups (broad SMARTS) is 1. The Kier molecular flexibility index (Phi) is 4.79. The Balaban J connectivity index is 2.03. The summed E-state index contributed by atoms with van der Waals surface area (Å²) in [5.41, 5.74) is 1.04. The van der Waals surface area contributed by atoms with E-state index in [-0.39, 0.29) is 16.8 Å². The molecule has 0 aliphatic rings. The van der Waals surface area contributed by atoms with Gasteiger partial charge in [0, 0.05) is 6.07 Å². The van der Waals surface area contributed by atoms with Crippen molar-refractivity contribution in [2.45, 2.75) is 0 Å². The van der Waals surface area contributed by atoms with Gasteiger partial charge in [0.15, 0.2) is 16.9 Å². The summed E-state index contributed by atoms with van der Waals surface area (Å²) in [5, 5.41) is 10.8. The molecule has 0 fully saturated rings. The first-order valence-electron chi connectivity index (χ1n) is 7.64. The number of rotatable bonds is 6. The Morgan fingerprint density at radius 3 is 2.54 bits per heavy atom. The fraction of sp³-hybridized carbons (Fsp3) is 0.158. The van der Waals surface area contributed by atoms with Gasteiger partial charge in [0.2, 0.25) is 0 Å². The van der Waals surface area contributed by atoms with Crippen molar-refractivity contribution in [3.05, 3.63) is 52.9 Å². The number of ether oxygens (including phenoxy) is 3. The van der Waals surface area contributed by atoms with Crippen LogP contribution in [-0.4, -0.2) is 26.8 Å². The van der Waals surface area contributed by atoms with Gasteiger partial charge in [-0.05, 0) is 29.8 Å². The van der Waals surface area contributed by atoms with Crippen LogP contribution < -0.4 is 24.7 Å². The number of benzene rings is 2. The van der Waals surface area contributed by atoms with Crippen molar-refractivity contribution in [1.82, 2.24) is 0 Å². The third kappa shape index (κ3) is 3.32. The zero-order valence-corrected chi connectivity index (χ0v) is 14.1. The van der Waals surface area contributed by atoms with Crippen molar-refractivity contribution >= 4 is 16.9 Å². The highest BCUT2D eigenvalue weighted by Crippen LogP contribution is 2.32. The molecule has 0 N–H and O–H groups in total. The van der Waals surface area contributed by atoms with Crippen molar-refractivity contribution in [2.75, 3.05) is 20.8 Å². The van der Waals surface area contributed by atoms with Gasteiger partial charge in [0.25, 0.3) is 0 Å². The molecule has 0 saturated carbocycles. The molecule has 2 aromatic carbocycles. The van der Waals surface area contributed by atoms with E-state index >= 15 is 0 Å². The normalized spacial score (nSPS) is 10.5. The molecule has 7 nitrogen and oxygen atoms in total. The van der Waals surface area contributed by atoms with Gasteiger partial charge in [0.1, 0.15) is 24.2 Å². The van der Waals surface area contributed by atoms with E-state index in [1.54, 1.807) is 18.2 Å². The molecule has 0 bridgehead atoms. The molecular weight excluding hydrogens is 340 g/mol. The quantitative estimate of drug-likeness (QED) is 0.662. The summed E-state index contributed by atoms with van der Waals surface area (Å²) in [6.45, 7) is -0.584. The van der Waals surface area contributed by atoms with E-state index < -0.39 is 12.6 Å². The van der Waals surface area contributed by atoms with Crippen LogP contribution in [0.4, 0.5) is 0 Å². The number of carbonyl (C=O) groups is 1. The summed E-state index contributed by atoms with van der Waals surface area (Å²) in [7, 11) is 3.04. The summed E-state index contributed by atoms with van der Waals surface area (Å²) < 4.78 is 21.0. The van der Waals surface area contributed by atoms with Gasteiger partial charge in [-0.25, -0.2) is 0 Å². The molecular formula is C19H15O7-. The van der Waals surface area contributed by atoms with E-state index in [1.165, 1.54) is 38.7 Å². The van der Waals surface area contributed by atoms with Crippen LogP contribution in [0.25, 0.3) is 22.1 Å². The summed E-state index contributed by atoms with van der Waals surface area (Å²) in [6, 6.07) is 9.61. The number of methoxy groups -OCH3 is 2. The highest BCUT2D eigenvalue weighted by molar-refractivity contribution is 5.83. The Hall–Kier alpha value is -3.48. The minimum Gasteiger partial charge on any atom is -0.546 e.